The molecule has 3 aromatic rings. The lowest BCUT2D eigenvalue weighted by molar-refractivity contribution is -0.0448. The molecule has 2 aromatic carbocycles. The molecule has 180 valence electrons. The summed E-state index contributed by atoms with van der Waals surface area (Å²) in [5.41, 5.74) is -3.08. The fraction of sp³-hybridized carbons (Fsp3) is 0.273. The number of anilines is 2. The third-order valence-corrected chi connectivity index (χ3v) is 6.93. The molecule has 0 spiro atoms. The Balaban J connectivity index is 1.59. The van der Waals surface area contributed by atoms with E-state index < -0.39 is 34.0 Å². The highest BCUT2D eigenvalue weighted by molar-refractivity contribution is 7.90. The van der Waals surface area contributed by atoms with Crippen LogP contribution >= 0.6 is 11.6 Å². The summed E-state index contributed by atoms with van der Waals surface area (Å²) in [6, 6.07) is 13.3. The van der Waals surface area contributed by atoms with Crippen molar-refractivity contribution in [2.24, 2.45) is 0 Å². The van der Waals surface area contributed by atoms with Crippen LogP contribution in [0.15, 0.2) is 54.7 Å². The Morgan fingerprint density at radius 1 is 1.15 bits per heavy atom. The topological polar surface area (TPSA) is 91.4 Å². The van der Waals surface area contributed by atoms with Gasteiger partial charge in [0.05, 0.1) is 11.1 Å². The molecule has 1 saturated heterocycles. The highest BCUT2D eigenvalue weighted by Crippen LogP contribution is 2.28. The smallest absolute Gasteiger partial charge is 0.355 e. The molecular weight excluding hydrogens is 493 g/mol. The maximum absolute atomic E-state index is 13.4. The predicted octanol–water partition coefficient (Wildman–Crippen LogP) is 4.68. The van der Waals surface area contributed by atoms with Crippen LogP contribution in [-0.2, 0) is 10.0 Å². The van der Waals surface area contributed by atoms with E-state index in [2.05, 4.69) is 10.3 Å². The summed E-state index contributed by atoms with van der Waals surface area (Å²) in [5, 5.41) is 4.33. The van der Waals surface area contributed by atoms with Crippen molar-refractivity contribution in [2.45, 2.75) is 24.4 Å². The molecule has 2 N–H and O–H groups in total. The molecule has 0 unspecified atom stereocenters. The number of rotatable bonds is 6. The number of benzene rings is 2. The second-order valence-corrected chi connectivity index (χ2v) is 10.0. The van der Waals surface area contributed by atoms with Crippen molar-refractivity contribution in [1.29, 1.82) is 0 Å². The van der Waals surface area contributed by atoms with E-state index in [0.717, 1.165) is 5.69 Å². The quantitative estimate of drug-likeness (QED) is 0.500. The summed E-state index contributed by atoms with van der Waals surface area (Å²) in [6.45, 7) is -0.209. The number of sulfonamides is 1. The molecule has 7 nitrogen and oxygen atoms in total. The van der Waals surface area contributed by atoms with E-state index in [1.165, 1.54) is 11.1 Å². The molecular formula is C22H20ClF3N4O3S. The second-order valence-electron chi connectivity index (χ2n) is 7.82. The molecule has 1 aromatic heterocycles. The fourth-order valence-electron chi connectivity index (χ4n) is 3.90. The average Bonchev–Trinajstić information content (AvgIpc) is 3.25. The largest absolute Gasteiger partial charge is 0.511 e. The van der Waals surface area contributed by atoms with E-state index in [4.69, 9.17) is 11.6 Å². The third kappa shape index (κ3) is 5.11. The number of halogens is 4. The highest BCUT2D eigenvalue weighted by Gasteiger charge is 2.46. The predicted molar refractivity (Wildman–Crippen MR) is 124 cm³/mol. The minimum absolute atomic E-state index is 0.307. The van der Waals surface area contributed by atoms with Gasteiger partial charge in [-0.2, -0.15) is 13.2 Å². The Morgan fingerprint density at radius 2 is 1.91 bits per heavy atom. The van der Waals surface area contributed by atoms with E-state index in [9.17, 15) is 26.4 Å². The van der Waals surface area contributed by atoms with Gasteiger partial charge in [0.15, 0.2) is 0 Å². The summed E-state index contributed by atoms with van der Waals surface area (Å²) in [6.07, 6.45) is 2.42. The first-order valence-electron chi connectivity index (χ1n) is 10.3. The van der Waals surface area contributed by atoms with Crippen LogP contribution < -0.4 is 10.0 Å². The normalized spacial score (nSPS) is 16.7. The van der Waals surface area contributed by atoms with Crippen molar-refractivity contribution in [3.63, 3.8) is 0 Å². The lowest BCUT2D eigenvalue weighted by Gasteiger charge is -2.25. The summed E-state index contributed by atoms with van der Waals surface area (Å²) >= 11 is 6.03. The number of carbonyl (C=O) groups is 1. The number of alkyl halides is 3. The van der Waals surface area contributed by atoms with Crippen molar-refractivity contribution < 1.29 is 26.4 Å². The molecule has 2 heterocycles. The van der Waals surface area contributed by atoms with Gasteiger partial charge in [-0.1, -0.05) is 17.7 Å². The SMILES string of the molecule is O=C(c1ccnc2ccc(Nc3cccc(Cl)c3)cc12)N1CCC[C@H]1CNS(=O)(=O)C(F)(F)F. The molecule has 34 heavy (non-hydrogen) atoms. The first-order valence-corrected chi connectivity index (χ1v) is 12.2. The van der Waals surface area contributed by atoms with Gasteiger partial charge in [-0.05, 0) is 55.3 Å². The fourth-order valence-corrected chi connectivity index (χ4v) is 4.67. The molecule has 0 saturated carbocycles. The zero-order valence-corrected chi connectivity index (χ0v) is 19.2. The van der Waals surface area contributed by atoms with Gasteiger partial charge >= 0.3 is 15.5 Å². The van der Waals surface area contributed by atoms with Crippen LogP contribution in [-0.4, -0.2) is 48.8 Å². The molecule has 0 bridgehead atoms. The van der Waals surface area contributed by atoms with Crippen LogP contribution in [0.1, 0.15) is 23.2 Å². The molecule has 0 radical (unpaired) electrons. The molecule has 1 aliphatic heterocycles. The first-order chi connectivity index (χ1) is 16.0. The number of pyridine rings is 1. The van der Waals surface area contributed by atoms with Gasteiger partial charge in [0.1, 0.15) is 0 Å². The van der Waals surface area contributed by atoms with Gasteiger partial charge in [0, 0.05) is 47.1 Å². The van der Waals surface area contributed by atoms with E-state index in [0.29, 0.717) is 46.6 Å². The number of carbonyl (C=O) groups excluding carboxylic acids is 1. The van der Waals surface area contributed by atoms with Crippen LogP contribution in [0.2, 0.25) is 5.02 Å². The lowest BCUT2D eigenvalue weighted by atomic mass is 10.1. The Hall–Kier alpha value is -2.89. The van der Waals surface area contributed by atoms with Crippen LogP contribution in [0.3, 0.4) is 0 Å². The number of hydrogen-bond acceptors (Lipinski definition) is 5. The standard InChI is InChI=1S/C22H20ClF3N4O3S/c23-14-3-1-4-15(11-14)29-16-6-7-20-19(12-16)18(8-9-27-20)21(31)30-10-2-5-17(30)13-28-34(32,33)22(24,25)26/h1,3-4,6-9,11-12,17,28-29H,2,5,10,13H2/t17-/m0/s1. The number of fused-ring (bicyclic) bond motifs is 1. The summed E-state index contributed by atoms with van der Waals surface area (Å²) in [7, 11) is -5.49. The zero-order chi connectivity index (χ0) is 24.5. The van der Waals surface area contributed by atoms with Gasteiger partial charge in [0.2, 0.25) is 0 Å². The Labute approximate surface area is 199 Å². The molecule has 1 atom stereocenters. The van der Waals surface area contributed by atoms with E-state index >= 15 is 0 Å². The van der Waals surface area contributed by atoms with Crippen molar-refractivity contribution in [3.8, 4) is 0 Å². The number of nitrogens with zero attached hydrogens (tertiary/aromatic N) is 2. The molecule has 1 aliphatic rings. The van der Waals surface area contributed by atoms with Crippen molar-refractivity contribution >= 4 is 49.8 Å². The maximum Gasteiger partial charge on any atom is 0.511 e. The molecule has 12 heteroatoms. The van der Waals surface area contributed by atoms with Gasteiger partial charge in [-0.3, -0.25) is 9.78 Å². The monoisotopic (exact) mass is 512 g/mol. The minimum atomic E-state index is -5.49. The third-order valence-electron chi connectivity index (χ3n) is 5.54. The van der Waals surface area contributed by atoms with Crippen LogP contribution in [0.4, 0.5) is 24.5 Å². The summed E-state index contributed by atoms with van der Waals surface area (Å²) in [4.78, 5) is 19.1. The number of likely N-dealkylation sites (tertiary alicyclic amines) is 1. The van der Waals surface area contributed by atoms with Crippen molar-refractivity contribution in [1.82, 2.24) is 14.6 Å². The Kier molecular flexibility index (Phi) is 6.70. The average molecular weight is 513 g/mol. The number of hydrogen-bond donors (Lipinski definition) is 2. The summed E-state index contributed by atoms with van der Waals surface area (Å²) in [5.74, 6) is -0.402. The molecule has 1 amide bonds. The summed E-state index contributed by atoms with van der Waals surface area (Å²) < 4.78 is 62.3. The van der Waals surface area contributed by atoms with Gasteiger partial charge < -0.3 is 10.2 Å². The second kappa shape index (κ2) is 9.40. The van der Waals surface area contributed by atoms with Crippen molar-refractivity contribution in [3.05, 3.63) is 65.3 Å². The van der Waals surface area contributed by atoms with Gasteiger partial charge in [-0.25, -0.2) is 13.1 Å². The Morgan fingerprint density at radius 3 is 2.65 bits per heavy atom. The number of aromatic nitrogens is 1. The van der Waals surface area contributed by atoms with Crippen LogP contribution in [0, 0.1) is 0 Å². The highest BCUT2D eigenvalue weighted by atomic mass is 35.5. The van der Waals surface area contributed by atoms with Gasteiger partial charge in [-0.15, -0.1) is 0 Å². The Bertz CT molecular complexity index is 1330. The number of nitrogens with one attached hydrogen (secondary N) is 2. The molecule has 0 aliphatic carbocycles. The molecule has 4 rings (SSSR count). The van der Waals surface area contributed by atoms with E-state index in [1.54, 1.807) is 47.2 Å². The van der Waals surface area contributed by atoms with Crippen LogP contribution in [0.5, 0.6) is 0 Å². The zero-order valence-electron chi connectivity index (χ0n) is 17.6. The van der Waals surface area contributed by atoms with Gasteiger partial charge in [0.25, 0.3) is 5.91 Å². The van der Waals surface area contributed by atoms with E-state index in [1.807, 2.05) is 6.07 Å². The number of amides is 1. The maximum atomic E-state index is 13.4. The molecule has 1 fully saturated rings. The first kappa shape index (κ1) is 24.2. The minimum Gasteiger partial charge on any atom is -0.355 e. The van der Waals surface area contributed by atoms with Crippen molar-refractivity contribution in [2.75, 3.05) is 18.4 Å². The van der Waals surface area contributed by atoms with Crippen LogP contribution in [0.25, 0.3) is 10.9 Å². The van der Waals surface area contributed by atoms with E-state index in [-0.39, 0.29) is 0 Å². The lowest BCUT2D eigenvalue weighted by Crippen LogP contribution is -2.46.